The molecule has 5 rings (SSSR count). The lowest BCUT2D eigenvalue weighted by molar-refractivity contribution is -0.671. The van der Waals surface area contributed by atoms with Crippen LogP contribution in [0, 0.1) is 0 Å². The van der Waals surface area contributed by atoms with Crippen LogP contribution < -0.4 is 37.8 Å². The third kappa shape index (κ3) is 7.16. The molecule has 2 aromatic heterocycles. The Balaban J connectivity index is 0.00000210. The normalized spacial score (nSPS) is 10.1. The summed E-state index contributed by atoms with van der Waals surface area (Å²) in [5.74, 6) is -0.166. The molecule has 3 aromatic carbocycles. The number of amides is 1. The number of hydrogen-bond acceptors (Lipinski definition) is 5. The Kier molecular flexibility index (Phi) is 9.71. The average molecular weight is 562 g/mol. The van der Waals surface area contributed by atoms with Crippen molar-refractivity contribution < 1.29 is 21.8 Å². The average Bonchev–Trinajstić information content (AvgIpc) is 2.90. The van der Waals surface area contributed by atoms with E-state index in [4.69, 9.17) is 0 Å². The van der Waals surface area contributed by atoms with E-state index < -0.39 is 0 Å². The Morgan fingerprint density at radius 2 is 1.49 bits per heavy atom. The maximum atomic E-state index is 12.9. The van der Waals surface area contributed by atoms with Crippen molar-refractivity contribution in [3.05, 3.63) is 109 Å². The number of fused-ring (bicyclic) bond motifs is 1. The van der Waals surface area contributed by atoms with Gasteiger partial charge in [0.2, 0.25) is 0 Å². The third-order valence-corrected chi connectivity index (χ3v) is 6.06. The van der Waals surface area contributed by atoms with Gasteiger partial charge in [-0.1, -0.05) is 6.07 Å². The summed E-state index contributed by atoms with van der Waals surface area (Å²) in [5.41, 5.74) is 7.05. The molecule has 0 bridgehead atoms. The fourth-order valence-electron chi connectivity index (χ4n) is 4.01. The summed E-state index contributed by atoms with van der Waals surface area (Å²) in [6, 6.07) is 27.3. The molecule has 0 saturated heterocycles. The van der Waals surface area contributed by atoms with E-state index >= 15 is 0 Å². The number of benzene rings is 3. The van der Waals surface area contributed by atoms with Crippen molar-refractivity contribution >= 4 is 63.3 Å². The maximum Gasteiger partial charge on any atom is 0.255 e. The Labute approximate surface area is 240 Å². The summed E-state index contributed by atoms with van der Waals surface area (Å²) in [5, 5.41) is 10.8. The van der Waals surface area contributed by atoms with E-state index in [0.717, 1.165) is 45.0 Å². The summed E-state index contributed by atoms with van der Waals surface area (Å²) < 4.78 is 1.97. The summed E-state index contributed by atoms with van der Waals surface area (Å²) in [6.07, 6.45) is 5.75. The molecule has 200 valence electrons. The Bertz CT molecular complexity index is 1560. The van der Waals surface area contributed by atoms with Crippen LogP contribution in [0.2, 0.25) is 0 Å². The van der Waals surface area contributed by atoms with Crippen molar-refractivity contribution in [1.82, 2.24) is 4.98 Å². The van der Waals surface area contributed by atoms with Gasteiger partial charge >= 0.3 is 0 Å². The molecule has 9 heteroatoms. The van der Waals surface area contributed by atoms with Gasteiger partial charge in [0.15, 0.2) is 12.4 Å². The molecule has 0 radical (unpaired) electrons. The maximum absolute atomic E-state index is 12.9. The fourth-order valence-corrected chi connectivity index (χ4v) is 4.01. The first kappa shape index (κ1) is 29.2. The highest BCUT2D eigenvalue weighted by Gasteiger charge is 2.09. The zero-order valence-corrected chi connectivity index (χ0v) is 23.4. The number of carbonyl (C=O) groups is 1. The van der Waals surface area contributed by atoms with Crippen LogP contribution in [0.15, 0.2) is 104 Å². The lowest BCUT2D eigenvalue weighted by atomic mass is 10.1. The second kappa shape index (κ2) is 13.0. The third-order valence-electron chi connectivity index (χ3n) is 6.06. The highest BCUT2D eigenvalue weighted by molar-refractivity contribution is 6.04. The standard InChI is InChI=1S/C30H28N6O.2ClH/c1-35(2)26-11-12-27-28(13-16-31-29(27)20-26)33-22-9-7-21(8-10-22)30(37)34-25-6-4-5-24(19-25)32-23-14-17-36(3)18-15-23;;/h4-20H,1-3H3,(H2,31,33,34,37);2*1H. The number of nitrogens with zero attached hydrogens (tertiary/aromatic N) is 3. The lowest BCUT2D eigenvalue weighted by Crippen LogP contribution is -3.00. The zero-order valence-electron chi connectivity index (χ0n) is 21.9. The minimum atomic E-state index is -0.166. The zero-order chi connectivity index (χ0) is 25.8. The van der Waals surface area contributed by atoms with E-state index in [1.54, 1.807) is 6.20 Å². The molecule has 1 amide bonds. The van der Waals surface area contributed by atoms with Crippen molar-refractivity contribution in [2.75, 3.05) is 34.9 Å². The lowest BCUT2D eigenvalue weighted by Gasteiger charge is -2.15. The summed E-state index contributed by atoms with van der Waals surface area (Å²) in [6.45, 7) is 0. The van der Waals surface area contributed by atoms with Gasteiger partial charge < -0.3 is 33.3 Å². The number of rotatable bonds is 7. The number of aryl methyl sites for hydroxylation is 1. The van der Waals surface area contributed by atoms with Crippen molar-refractivity contribution in [1.29, 1.82) is 0 Å². The van der Waals surface area contributed by atoms with Gasteiger partial charge in [-0.2, -0.15) is 0 Å². The monoisotopic (exact) mass is 560 g/mol. The minimum absolute atomic E-state index is 0. The van der Waals surface area contributed by atoms with Crippen LogP contribution in [-0.2, 0) is 7.05 Å². The number of anilines is 6. The van der Waals surface area contributed by atoms with E-state index in [1.807, 2.05) is 105 Å². The molecule has 0 aliphatic heterocycles. The first-order chi connectivity index (χ1) is 17.9. The van der Waals surface area contributed by atoms with Crippen LogP contribution >= 0.6 is 12.4 Å². The van der Waals surface area contributed by atoms with Crippen LogP contribution in [0.5, 0.6) is 0 Å². The van der Waals surface area contributed by atoms with E-state index in [1.165, 1.54) is 0 Å². The fraction of sp³-hybridized carbons (Fsp3) is 0.100. The molecule has 7 nitrogen and oxygen atoms in total. The number of carbonyl (C=O) groups excluding carboxylic acids is 1. The van der Waals surface area contributed by atoms with Gasteiger partial charge in [-0.3, -0.25) is 9.78 Å². The van der Waals surface area contributed by atoms with E-state index in [-0.39, 0.29) is 30.7 Å². The second-order valence-corrected chi connectivity index (χ2v) is 9.07. The number of halogens is 2. The van der Waals surface area contributed by atoms with Gasteiger partial charge in [0.05, 0.1) is 11.2 Å². The summed E-state index contributed by atoms with van der Waals surface area (Å²) in [7, 11) is 6.00. The molecule has 0 aliphatic rings. The Morgan fingerprint density at radius 1 is 0.795 bits per heavy atom. The van der Waals surface area contributed by atoms with Crippen LogP contribution in [0.1, 0.15) is 10.4 Å². The molecule has 0 aliphatic carbocycles. The van der Waals surface area contributed by atoms with Crippen molar-refractivity contribution in [2.24, 2.45) is 7.05 Å². The number of aromatic nitrogens is 2. The van der Waals surface area contributed by atoms with Crippen LogP contribution in [0.25, 0.3) is 10.9 Å². The highest BCUT2D eigenvalue weighted by atomic mass is 35.5. The highest BCUT2D eigenvalue weighted by Crippen LogP contribution is 2.28. The van der Waals surface area contributed by atoms with Gasteiger partial charge in [-0.15, -0.1) is 12.4 Å². The first-order valence-corrected chi connectivity index (χ1v) is 12.0. The molecule has 0 saturated carbocycles. The number of pyridine rings is 2. The largest absolute Gasteiger partial charge is 1.00 e. The Hall–Kier alpha value is -4.33. The number of nitrogens with one attached hydrogen (secondary N) is 3. The molecular formula is C30H30Cl2N6O. The van der Waals surface area contributed by atoms with Gasteiger partial charge in [0, 0.05) is 71.8 Å². The van der Waals surface area contributed by atoms with Gasteiger partial charge in [0.25, 0.3) is 5.91 Å². The van der Waals surface area contributed by atoms with E-state index in [0.29, 0.717) is 5.56 Å². The molecule has 0 fully saturated rings. The quantitative estimate of drug-likeness (QED) is 0.266. The predicted molar refractivity (Wildman–Crippen MR) is 158 cm³/mol. The molecular weight excluding hydrogens is 531 g/mol. The van der Waals surface area contributed by atoms with E-state index in [2.05, 4.69) is 44.0 Å². The SMILES string of the molecule is CN(C)c1ccc2c(Nc3ccc(C(=O)Nc4cccc(Nc5cc[n+](C)cc5)c4)cc3)ccnc2c1.Cl.[Cl-]. The minimum Gasteiger partial charge on any atom is -1.00 e. The second-order valence-electron chi connectivity index (χ2n) is 9.07. The Morgan fingerprint density at radius 3 is 2.21 bits per heavy atom. The molecule has 0 spiro atoms. The van der Waals surface area contributed by atoms with Crippen LogP contribution in [0.3, 0.4) is 0 Å². The number of hydrogen-bond donors (Lipinski definition) is 3. The summed E-state index contributed by atoms with van der Waals surface area (Å²) >= 11 is 0. The molecule has 3 N–H and O–H groups in total. The predicted octanol–water partition coefficient (Wildman–Crippen LogP) is 3.29. The summed E-state index contributed by atoms with van der Waals surface area (Å²) in [4.78, 5) is 19.5. The molecule has 5 aromatic rings. The van der Waals surface area contributed by atoms with E-state index in [9.17, 15) is 4.79 Å². The van der Waals surface area contributed by atoms with Gasteiger partial charge in [0.1, 0.15) is 7.05 Å². The van der Waals surface area contributed by atoms with Crippen molar-refractivity contribution in [3.8, 4) is 0 Å². The van der Waals surface area contributed by atoms with Crippen LogP contribution in [-0.4, -0.2) is 25.0 Å². The van der Waals surface area contributed by atoms with Crippen molar-refractivity contribution in [3.63, 3.8) is 0 Å². The molecule has 0 atom stereocenters. The van der Waals surface area contributed by atoms with Gasteiger partial charge in [-0.05, 0) is 66.7 Å². The topological polar surface area (TPSA) is 73.2 Å². The first-order valence-electron chi connectivity index (χ1n) is 12.0. The molecule has 39 heavy (non-hydrogen) atoms. The smallest absolute Gasteiger partial charge is 0.255 e. The van der Waals surface area contributed by atoms with Crippen molar-refractivity contribution in [2.45, 2.75) is 0 Å². The van der Waals surface area contributed by atoms with Gasteiger partial charge in [-0.25, -0.2) is 4.57 Å². The molecule has 0 unspecified atom stereocenters. The van der Waals surface area contributed by atoms with Crippen LogP contribution in [0.4, 0.5) is 34.1 Å². The molecule has 2 heterocycles.